The largest absolute Gasteiger partial charge is 0.493 e. The first-order valence-corrected chi connectivity index (χ1v) is 9.66. The average Bonchev–Trinajstić information content (AvgIpc) is 3.39. The Kier molecular flexibility index (Phi) is 4.39. The summed E-state index contributed by atoms with van der Waals surface area (Å²) >= 11 is 0. The van der Waals surface area contributed by atoms with Crippen LogP contribution < -0.4 is 23.7 Å². The van der Waals surface area contributed by atoms with Gasteiger partial charge in [-0.3, -0.25) is 4.79 Å². The molecule has 0 saturated carbocycles. The Labute approximate surface area is 173 Å². The zero-order chi connectivity index (χ0) is 21.0. The fourth-order valence-corrected chi connectivity index (χ4v) is 4.88. The maximum absolute atomic E-state index is 12.7. The van der Waals surface area contributed by atoms with Crippen LogP contribution in [0.5, 0.6) is 28.7 Å². The number of cyclic esters (lactones) is 1. The van der Waals surface area contributed by atoms with E-state index in [4.69, 9.17) is 28.4 Å². The van der Waals surface area contributed by atoms with Gasteiger partial charge in [-0.25, -0.2) is 0 Å². The van der Waals surface area contributed by atoms with Crippen LogP contribution in [0, 0.1) is 11.8 Å². The van der Waals surface area contributed by atoms with Crippen LogP contribution in [0.4, 0.5) is 0 Å². The van der Waals surface area contributed by atoms with Gasteiger partial charge in [-0.15, -0.1) is 0 Å². The molecular formula is C22H22O8. The van der Waals surface area contributed by atoms with Crippen molar-refractivity contribution in [2.45, 2.75) is 12.0 Å². The number of rotatable bonds is 4. The van der Waals surface area contributed by atoms with E-state index in [2.05, 4.69) is 0 Å². The summed E-state index contributed by atoms with van der Waals surface area (Å²) in [6, 6.07) is 7.38. The number of aliphatic hydroxyl groups excluding tert-OH is 1. The number of esters is 1. The van der Waals surface area contributed by atoms with Gasteiger partial charge < -0.3 is 33.5 Å². The van der Waals surface area contributed by atoms with Gasteiger partial charge in [-0.1, -0.05) is 6.07 Å². The molecule has 0 bridgehead atoms. The molecule has 3 aliphatic rings. The molecule has 0 amide bonds. The molecule has 158 valence electrons. The summed E-state index contributed by atoms with van der Waals surface area (Å²) in [6.45, 7) is 0.214. The molecule has 2 aromatic carbocycles. The summed E-state index contributed by atoms with van der Waals surface area (Å²) in [7, 11) is 4.66. The smallest absolute Gasteiger partial charge is 0.310 e. The van der Waals surface area contributed by atoms with Gasteiger partial charge in [0.25, 0.3) is 0 Å². The van der Waals surface area contributed by atoms with Crippen LogP contribution >= 0.6 is 0 Å². The van der Waals surface area contributed by atoms with Crippen molar-refractivity contribution in [3.05, 3.63) is 41.0 Å². The molecule has 1 fully saturated rings. The normalized spacial score (nSPS) is 25.9. The molecule has 8 heteroatoms. The molecule has 0 aromatic heterocycles. The van der Waals surface area contributed by atoms with Crippen molar-refractivity contribution in [3.8, 4) is 28.7 Å². The Balaban J connectivity index is 1.76. The van der Waals surface area contributed by atoms with Gasteiger partial charge in [0.05, 0.1) is 40.0 Å². The second-order valence-electron chi connectivity index (χ2n) is 7.50. The van der Waals surface area contributed by atoms with Crippen molar-refractivity contribution in [1.29, 1.82) is 0 Å². The highest BCUT2D eigenvalue weighted by Gasteiger charge is 2.53. The van der Waals surface area contributed by atoms with E-state index in [0.29, 0.717) is 34.3 Å². The monoisotopic (exact) mass is 414 g/mol. The summed E-state index contributed by atoms with van der Waals surface area (Å²) < 4.78 is 33.0. The van der Waals surface area contributed by atoms with Crippen LogP contribution in [0.25, 0.3) is 0 Å². The fraction of sp³-hybridized carbons (Fsp3) is 0.409. The quantitative estimate of drug-likeness (QED) is 0.763. The molecule has 8 nitrogen and oxygen atoms in total. The summed E-state index contributed by atoms with van der Waals surface area (Å²) in [6.07, 6.45) is -0.933. The van der Waals surface area contributed by atoms with Crippen LogP contribution in [-0.4, -0.2) is 45.8 Å². The lowest BCUT2D eigenvalue weighted by Gasteiger charge is -2.37. The molecule has 2 aliphatic heterocycles. The van der Waals surface area contributed by atoms with Gasteiger partial charge in [-0.2, -0.15) is 0 Å². The molecular weight excluding hydrogens is 392 g/mol. The highest BCUT2D eigenvalue weighted by Crippen LogP contribution is 2.58. The highest BCUT2D eigenvalue weighted by atomic mass is 16.7. The predicted molar refractivity (Wildman–Crippen MR) is 103 cm³/mol. The van der Waals surface area contributed by atoms with E-state index in [0.717, 1.165) is 11.1 Å². The number of benzene rings is 2. The van der Waals surface area contributed by atoms with Crippen molar-refractivity contribution in [3.63, 3.8) is 0 Å². The molecule has 5 rings (SSSR count). The third-order valence-corrected chi connectivity index (χ3v) is 6.21. The van der Waals surface area contributed by atoms with Crippen LogP contribution in [0.1, 0.15) is 28.7 Å². The Morgan fingerprint density at radius 1 is 1.00 bits per heavy atom. The van der Waals surface area contributed by atoms with Gasteiger partial charge in [0.1, 0.15) is 0 Å². The van der Waals surface area contributed by atoms with Crippen LogP contribution in [0.15, 0.2) is 24.3 Å². The topological polar surface area (TPSA) is 92.7 Å². The summed E-state index contributed by atoms with van der Waals surface area (Å²) in [5.41, 5.74) is 2.19. The minimum atomic E-state index is -0.933. The second kappa shape index (κ2) is 6.98. The summed E-state index contributed by atoms with van der Waals surface area (Å²) in [5, 5.41) is 11.2. The van der Waals surface area contributed by atoms with Gasteiger partial charge >= 0.3 is 5.97 Å². The van der Waals surface area contributed by atoms with Crippen molar-refractivity contribution in [2.24, 2.45) is 11.8 Å². The van der Waals surface area contributed by atoms with E-state index < -0.39 is 17.9 Å². The molecule has 0 spiro atoms. The van der Waals surface area contributed by atoms with E-state index in [9.17, 15) is 9.90 Å². The number of hydrogen-bond acceptors (Lipinski definition) is 8. The van der Waals surface area contributed by atoms with Gasteiger partial charge in [0, 0.05) is 17.4 Å². The van der Waals surface area contributed by atoms with E-state index >= 15 is 0 Å². The lowest BCUT2D eigenvalue weighted by atomic mass is 9.66. The molecule has 4 atom stereocenters. The van der Waals surface area contributed by atoms with E-state index in [-0.39, 0.29) is 25.3 Å². The maximum Gasteiger partial charge on any atom is 0.310 e. The van der Waals surface area contributed by atoms with Crippen molar-refractivity contribution in [2.75, 3.05) is 34.7 Å². The zero-order valence-electron chi connectivity index (χ0n) is 16.8. The highest BCUT2D eigenvalue weighted by molar-refractivity contribution is 5.79. The Hall–Kier alpha value is -3.13. The van der Waals surface area contributed by atoms with Crippen LogP contribution in [0.2, 0.25) is 0 Å². The van der Waals surface area contributed by atoms with Gasteiger partial charge in [0.15, 0.2) is 23.0 Å². The van der Waals surface area contributed by atoms with Crippen LogP contribution in [-0.2, 0) is 9.53 Å². The summed E-state index contributed by atoms with van der Waals surface area (Å²) in [5.74, 6) is 0.888. The van der Waals surface area contributed by atoms with Crippen molar-refractivity contribution < 1.29 is 38.3 Å². The first kappa shape index (κ1) is 18.9. The number of fused-ring (bicyclic) bond motifs is 3. The zero-order valence-corrected chi connectivity index (χ0v) is 16.8. The lowest BCUT2D eigenvalue weighted by molar-refractivity contribution is -0.141. The second-order valence-corrected chi connectivity index (χ2v) is 7.50. The molecule has 0 radical (unpaired) electrons. The Bertz CT molecular complexity index is 1020. The van der Waals surface area contributed by atoms with Crippen molar-refractivity contribution in [1.82, 2.24) is 0 Å². The lowest BCUT2D eigenvalue weighted by Crippen LogP contribution is -2.35. The third kappa shape index (κ3) is 2.53. The number of methoxy groups -OCH3 is 3. The molecule has 0 unspecified atom stereocenters. The number of carbonyl (C=O) groups excluding carboxylic acids is 1. The van der Waals surface area contributed by atoms with Gasteiger partial charge in [-0.05, 0) is 29.3 Å². The van der Waals surface area contributed by atoms with Gasteiger partial charge in [0.2, 0.25) is 12.5 Å². The van der Waals surface area contributed by atoms with E-state index in [1.165, 1.54) is 7.11 Å². The molecule has 1 saturated heterocycles. The Morgan fingerprint density at radius 2 is 1.80 bits per heavy atom. The molecule has 1 aliphatic carbocycles. The molecule has 1 N–H and O–H groups in total. The van der Waals surface area contributed by atoms with E-state index in [1.807, 2.05) is 18.2 Å². The third-order valence-electron chi connectivity index (χ3n) is 6.21. The van der Waals surface area contributed by atoms with Crippen molar-refractivity contribution >= 4 is 5.97 Å². The minimum absolute atomic E-state index is 0.0700. The van der Waals surface area contributed by atoms with E-state index in [1.54, 1.807) is 20.3 Å². The number of carbonyl (C=O) groups is 1. The molecule has 30 heavy (non-hydrogen) atoms. The minimum Gasteiger partial charge on any atom is -0.493 e. The standard InChI is InChI=1S/C22H22O8/c1-25-13-5-4-10(6-14(13)26-2)16-11-7-15-20(30-9-29-15)21(27-3)18(11)19(23)12-8-28-22(24)17(12)16/h4-7,12,16-17,19,23H,8-9H2,1-3H3/t12-,16+,17-,19+/m0/s1. The maximum atomic E-state index is 12.7. The fourth-order valence-electron chi connectivity index (χ4n) is 4.88. The molecule has 2 heterocycles. The SMILES string of the molecule is COc1ccc([C@@H]2c3cc4c(c(OC)c3[C@H](O)[C@H]3COC(=O)[C@H]23)OCO4)cc1OC. The summed E-state index contributed by atoms with van der Waals surface area (Å²) in [4.78, 5) is 12.7. The first-order valence-electron chi connectivity index (χ1n) is 9.66. The number of ether oxygens (including phenoxy) is 6. The van der Waals surface area contributed by atoms with Crippen LogP contribution in [0.3, 0.4) is 0 Å². The number of hydrogen-bond donors (Lipinski definition) is 1. The molecule has 2 aromatic rings. The first-order chi connectivity index (χ1) is 14.6. The number of aliphatic hydroxyl groups is 1. The predicted octanol–water partition coefficient (Wildman–Crippen LogP) is 2.41. The average molecular weight is 414 g/mol. The Morgan fingerprint density at radius 3 is 2.53 bits per heavy atom.